The standard InChI is InChI=1S/C24H27NO5/c1-14-16(8-9-23(26)25-13-15-5-4-10-28-15)24(27)30-21-12-22-19(11-18(14)21)17-6-2-3-7-20(17)29-22/h11-12,15H,2-10,13H2,1H3,(H,25,26). The lowest BCUT2D eigenvalue weighted by molar-refractivity contribution is -0.121. The molecule has 1 N–H and O–H groups in total. The van der Waals surface area contributed by atoms with Crippen LogP contribution < -0.4 is 10.9 Å². The van der Waals surface area contributed by atoms with E-state index in [0.29, 0.717) is 24.1 Å². The molecule has 1 atom stereocenters. The van der Waals surface area contributed by atoms with Crippen LogP contribution >= 0.6 is 0 Å². The van der Waals surface area contributed by atoms with Crippen LogP contribution in [-0.4, -0.2) is 25.2 Å². The van der Waals surface area contributed by atoms with Gasteiger partial charge in [0, 0.05) is 54.0 Å². The number of rotatable bonds is 5. The van der Waals surface area contributed by atoms with Crippen LogP contribution in [0.2, 0.25) is 0 Å². The minimum atomic E-state index is -0.373. The zero-order valence-electron chi connectivity index (χ0n) is 17.3. The summed E-state index contributed by atoms with van der Waals surface area (Å²) in [6.07, 6.45) is 7.09. The van der Waals surface area contributed by atoms with Gasteiger partial charge in [-0.1, -0.05) is 0 Å². The van der Waals surface area contributed by atoms with Gasteiger partial charge in [-0.05, 0) is 57.1 Å². The minimum Gasteiger partial charge on any atom is -0.461 e. The van der Waals surface area contributed by atoms with Gasteiger partial charge in [0.05, 0.1) is 6.10 Å². The SMILES string of the molecule is Cc1c(CCC(=O)NCC2CCCO2)c(=O)oc2cc3oc4c(c3cc12)CCCC4. The molecule has 0 bridgehead atoms. The van der Waals surface area contributed by atoms with Crippen molar-refractivity contribution in [1.29, 1.82) is 0 Å². The zero-order chi connectivity index (χ0) is 20.7. The van der Waals surface area contributed by atoms with Gasteiger partial charge in [-0.2, -0.15) is 0 Å². The van der Waals surface area contributed by atoms with Gasteiger partial charge in [-0.3, -0.25) is 4.79 Å². The number of aryl methyl sites for hydroxylation is 3. The Labute approximate surface area is 174 Å². The predicted octanol–water partition coefficient (Wildman–Crippen LogP) is 3.95. The summed E-state index contributed by atoms with van der Waals surface area (Å²) in [5.41, 5.74) is 3.72. The van der Waals surface area contributed by atoms with E-state index in [4.69, 9.17) is 13.6 Å². The quantitative estimate of drug-likeness (QED) is 0.645. The molecule has 0 spiro atoms. The molecule has 1 fully saturated rings. The second kappa shape index (κ2) is 7.91. The van der Waals surface area contributed by atoms with Gasteiger partial charge in [0.2, 0.25) is 5.91 Å². The number of amides is 1. The molecule has 6 heteroatoms. The summed E-state index contributed by atoms with van der Waals surface area (Å²) >= 11 is 0. The lowest BCUT2D eigenvalue weighted by Crippen LogP contribution is -2.32. The molecule has 1 aromatic carbocycles. The van der Waals surface area contributed by atoms with Gasteiger partial charge in [0.1, 0.15) is 16.9 Å². The van der Waals surface area contributed by atoms with Crippen molar-refractivity contribution in [1.82, 2.24) is 5.32 Å². The average Bonchev–Trinajstić information content (AvgIpc) is 3.38. The van der Waals surface area contributed by atoms with Crippen LogP contribution in [0.15, 0.2) is 25.8 Å². The number of benzene rings is 1. The van der Waals surface area contributed by atoms with Crippen molar-refractivity contribution in [2.45, 2.75) is 64.4 Å². The van der Waals surface area contributed by atoms with E-state index in [1.54, 1.807) is 0 Å². The Kier molecular flexibility index (Phi) is 5.11. The number of fused-ring (bicyclic) bond motifs is 4. The van der Waals surface area contributed by atoms with E-state index in [9.17, 15) is 9.59 Å². The second-order valence-electron chi connectivity index (χ2n) is 8.49. The molecule has 158 valence electrons. The van der Waals surface area contributed by atoms with Crippen molar-refractivity contribution in [3.05, 3.63) is 45.0 Å². The normalized spacial score (nSPS) is 18.8. The molecule has 3 heterocycles. The lowest BCUT2D eigenvalue weighted by atomic mass is 9.94. The summed E-state index contributed by atoms with van der Waals surface area (Å²) in [6, 6.07) is 3.94. The molecule has 0 radical (unpaired) electrons. The minimum absolute atomic E-state index is 0.0660. The molecule has 6 nitrogen and oxygen atoms in total. The molecule has 1 aliphatic heterocycles. The van der Waals surface area contributed by atoms with E-state index in [1.807, 2.05) is 13.0 Å². The summed E-state index contributed by atoms with van der Waals surface area (Å²) in [5, 5.41) is 4.96. The number of furan rings is 1. The Hall–Kier alpha value is -2.60. The highest BCUT2D eigenvalue weighted by atomic mass is 16.5. The van der Waals surface area contributed by atoms with Crippen LogP contribution in [0.25, 0.3) is 21.9 Å². The fraction of sp³-hybridized carbons (Fsp3) is 0.500. The molecule has 2 aromatic heterocycles. The molecule has 1 unspecified atom stereocenters. The third-order valence-electron chi connectivity index (χ3n) is 6.52. The molecule has 2 aliphatic rings. The van der Waals surface area contributed by atoms with Crippen molar-refractivity contribution >= 4 is 27.8 Å². The first-order valence-corrected chi connectivity index (χ1v) is 11.0. The number of hydrogen-bond donors (Lipinski definition) is 1. The third-order valence-corrected chi connectivity index (χ3v) is 6.52. The molecule has 5 rings (SSSR count). The Balaban J connectivity index is 1.40. The summed E-state index contributed by atoms with van der Waals surface area (Å²) in [6.45, 7) is 3.25. The summed E-state index contributed by atoms with van der Waals surface area (Å²) in [7, 11) is 0. The number of carbonyl (C=O) groups is 1. The van der Waals surface area contributed by atoms with Gasteiger partial charge in [0.15, 0.2) is 0 Å². The second-order valence-corrected chi connectivity index (χ2v) is 8.49. The molecule has 30 heavy (non-hydrogen) atoms. The molecule has 1 aliphatic carbocycles. The van der Waals surface area contributed by atoms with Crippen LogP contribution in [0.4, 0.5) is 0 Å². The van der Waals surface area contributed by atoms with E-state index in [-0.39, 0.29) is 24.1 Å². The van der Waals surface area contributed by atoms with Crippen LogP contribution in [-0.2, 0) is 28.8 Å². The summed E-state index contributed by atoms with van der Waals surface area (Å²) in [5.74, 6) is 0.999. The first kappa shape index (κ1) is 19.4. The van der Waals surface area contributed by atoms with E-state index in [0.717, 1.165) is 66.4 Å². The number of nitrogens with one attached hydrogen (secondary N) is 1. The van der Waals surface area contributed by atoms with Crippen LogP contribution in [0.3, 0.4) is 0 Å². The fourth-order valence-electron chi connectivity index (χ4n) is 4.79. The smallest absolute Gasteiger partial charge is 0.339 e. The zero-order valence-corrected chi connectivity index (χ0v) is 17.3. The van der Waals surface area contributed by atoms with Crippen molar-refractivity contribution in [3.8, 4) is 0 Å². The van der Waals surface area contributed by atoms with E-state index >= 15 is 0 Å². The lowest BCUT2D eigenvalue weighted by Gasteiger charge is -2.11. The van der Waals surface area contributed by atoms with Gasteiger partial charge in [-0.25, -0.2) is 4.79 Å². The van der Waals surface area contributed by atoms with Gasteiger partial charge >= 0.3 is 5.63 Å². The van der Waals surface area contributed by atoms with E-state index < -0.39 is 0 Å². The molecule has 3 aromatic rings. The Bertz CT molecular complexity index is 1170. The first-order chi connectivity index (χ1) is 14.6. The fourth-order valence-corrected chi connectivity index (χ4v) is 4.79. The monoisotopic (exact) mass is 409 g/mol. The van der Waals surface area contributed by atoms with Crippen molar-refractivity contribution in [2.75, 3.05) is 13.2 Å². The van der Waals surface area contributed by atoms with Crippen molar-refractivity contribution < 1.29 is 18.4 Å². The highest BCUT2D eigenvalue weighted by Gasteiger charge is 2.21. The Morgan fingerprint density at radius 2 is 1.93 bits per heavy atom. The summed E-state index contributed by atoms with van der Waals surface area (Å²) in [4.78, 5) is 24.9. The van der Waals surface area contributed by atoms with Crippen LogP contribution in [0, 0.1) is 6.92 Å². The Morgan fingerprint density at radius 1 is 1.10 bits per heavy atom. The summed E-state index contributed by atoms with van der Waals surface area (Å²) < 4.78 is 17.2. The van der Waals surface area contributed by atoms with E-state index in [1.165, 1.54) is 12.0 Å². The molecule has 1 saturated heterocycles. The van der Waals surface area contributed by atoms with Gasteiger partial charge in [-0.15, -0.1) is 0 Å². The topological polar surface area (TPSA) is 81.7 Å². The maximum Gasteiger partial charge on any atom is 0.339 e. The highest BCUT2D eigenvalue weighted by Crippen LogP contribution is 2.35. The van der Waals surface area contributed by atoms with Crippen molar-refractivity contribution in [2.24, 2.45) is 0 Å². The average molecular weight is 409 g/mol. The largest absolute Gasteiger partial charge is 0.461 e. The molecular weight excluding hydrogens is 382 g/mol. The van der Waals surface area contributed by atoms with E-state index in [2.05, 4.69) is 11.4 Å². The van der Waals surface area contributed by atoms with Gasteiger partial charge in [0.25, 0.3) is 0 Å². The number of hydrogen-bond acceptors (Lipinski definition) is 5. The number of ether oxygens (including phenoxy) is 1. The molecular formula is C24H27NO5. The van der Waals surface area contributed by atoms with Crippen LogP contribution in [0.5, 0.6) is 0 Å². The third kappa shape index (κ3) is 3.54. The Morgan fingerprint density at radius 3 is 2.77 bits per heavy atom. The predicted molar refractivity (Wildman–Crippen MR) is 114 cm³/mol. The maximum atomic E-state index is 12.6. The van der Waals surface area contributed by atoms with Crippen LogP contribution in [0.1, 0.15) is 54.6 Å². The van der Waals surface area contributed by atoms with Gasteiger partial charge < -0.3 is 18.9 Å². The molecule has 1 amide bonds. The van der Waals surface area contributed by atoms with Crippen molar-refractivity contribution in [3.63, 3.8) is 0 Å². The maximum absolute atomic E-state index is 12.6. The highest BCUT2D eigenvalue weighted by molar-refractivity contribution is 5.97. The number of carbonyl (C=O) groups excluding carboxylic acids is 1. The first-order valence-electron chi connectivity index (χ1n) is 11.0. The molecule has 0 saturated carbocycles.